The van der Waals surface area contributed by atoms with Gasteiger partial charge in [-0.25, -0.2) is 0 Å². The van der Waals surface area contributed by atoms with Crippen molar-refractivity contribution in [1.29, 1.82) is 5.26 Å². The Morgan fingerprint density at radius 1 is 0.833 bits per heavy atom. The molecule has 0 bridgehead atoms. The minimum absolute atomic E-state index is 0. The first-order valence-electron chi connectivity index (χ1n) is 11.9. The van der Waals surface area contributed by atoms with Crippen LogP contribution in [0.4, 0.5) is 0 Å². The van der Waals surface area contributed by atoms with E-state index in [4.69, 9.17) is 23.7 Å². The zero-order valence-electron chi connectivity index (χ0n) is 22.8. The molecule has 0 radical (unpaired) electrons. The molecule has 8 heteroatoms. The SMILES string of the molecule is COc1ccc(CCN(C)CCC[C@](C#N)(c2ccc(OC)c(OC)c2OC)C(C)C)cc1OC.Cl. The lowest BCUT2D eigenvalue weighted by Crippen LogP contribution is -2.33. The number of methoxy groups -OCH3 is 5. The van der Waals surface area contributed by atoms with Gasteiger partial charge in [0.2, 0.25) is 5.75 Å². The summed E-state index contributed by atoms with van der Waals surface area (Å²) in [4.78, 5) is 2.30. The van der Waals surface area contributed by atoms with Crippen molar-refractivity contribution in [3.05, 3.63) is 41.5 Å². The summed E-state index contributed by atoms with van der Waals surface area (Å²) in [6.45, 7) is 5.94. The molecule has 0 unspecified atom stereocenters. The number of nitriles is 1. The highest BCUT2D eigenvalue weighted by Gasteiger charge is 2.39. The zero-order chi connectivity index (χ0) is 26.0. The van der Waals surface area contributed by atoms with Gasteiger partial charge in [-0.3, -0.25) is 0 Å². The van der Waals surface area contributed by atoms with Crippen LogP contribution >= 0.6 is 12.4 Å². The maximum atomic E-state index is 10.4. The van der Waals surface area contributed by atoms with E-state index in [-0.39, 0.29) is 18.3 Å². The van der Waals surface area contributed by atoms with Crippen LogP contribution in [0.5, 0.6) is 28.7 Å². The third-order valence-corrected chi connectivity index (χ3v) is 6.71. The van der Waals surface area contributed by atoms with E-state index in [2.05, 4.69) is 37.9 Å². The van der Waals surface area contributed by atoms with Crippen LogP contribution in [0.3, 0.4) is 0 Å². The molecule has 7 nitrogen and oxygen atoms in total. The first kappa shape index (κ1) is 31.2. The number of rotatable bonds is 14. The van der Waals surface area contributed by atoms with E-state index < -0.39 is 5.41 Å². The second kappa shape index (κ2) is 14.7. The van der Waals surface area contributed by atoms with Gasteiger partial charge in [-0.1, -0.05) is 19.9 Å². The highest BCUT2D eigenvalue weighted by molar-refractivity contribution is 5.85. The van der Waals surface area contributed by atoms with Gasteiger partial charge in [-0.05, 0) is 68.6 Å². The Kier molecular flexibility index (Phi) is 12.7. The molecule has 1 atom stereocenters. The lowest BCUT2D eigenvalue weighted by Gasteiger charge is -2.34. The molecule has 0 heterocycles. The molecule has 0 spiro atoms. The van der Waals surface area contributed by atoms with E-state index in [0.29, 0.717) is 23.7 Å². The lowest BCUT2D eigenvalue weighted by atomic mass is 9.69. The van der Waals surface area contributed by atoms with E-state index in [9.17, 15) is 5.26 Å². The Balaban J connectivity index is 0.00000648. The number of nitrogens with zero attached hydrogens (tertiary/aromatic N) is 2. The van der Waals surface area contributed by atoms with Gasteiger partial charge in [0.15, 0.2) is 23.0 Å². The Morgan fingerprint density at radius 2 is 1.44 bits per heavy atom. The summed E-state index contributed by atoms with van der Waals surface area (Å²) in [5.41, 5.74) is 1.32. The Labute approximate surface area is 222 Å². The smallest absolute Gasteiger partial charge is 0.203 e. The molecule has 0 aliphatic carbocycles. The molecule has 36 heavy (non-hydrogen) atoms. The van der Waals surface area contributed by atoms with Crippen LogP contribution in [0.2, 0.25) is 0 Å². The number of likely N-dealkylation sites (N-methyl/N-ethyl adjacent to an activating group) is 1. The van der Waals surface area contributed by atoms with Gasteiger partial charge in [0, 0.05) is 12.1 Å². The van der Waals surface area contributed by atoms with Gasteiger partial charge in [0.25, 0.3) is 0 Å². The summed E-state index contributed by atoms with van der Waals surface area (Å²) < 4.78 is 27.5. The third kappa shape index (κ3) is 6.89. The number of halogens is 1. The normalized spacial score (nSPS) is 12.4. The fourth-order valence-corrected chi connectivity index (χ4v) is 4.53. The van der Waals surface area contributed by atoms with Crippen LogP contribution < -0.4 is 23.7 Å². The molecule has 2 aromatic carbocycles. The fraction of sp³-hybridized carbons (Fsp3) is 0.536. The first-order valence-corrected chi connectivity index (χ1v) is 11.9. The summed E-state index contributed by atoms with van der Waals surface area (Å²) in [7, 11) is 10.2. The number of ether oxygens (including phenoxy) is 5. The molecule has 0 saturated heterocycles. The van der Waals surface area contributed by atoms with Gasteiger partial charge in [0.1, 0.15) is 0 Å². The van der Waals surface area contributed by atoms with Crippen LogP contribution in [0.15, 0.2) is 30.3 Å². The Morgan fingerprint density at radius 3 is 1.97 bits per heavy atom. The zero-order valence-corrected chi connectivity index (χ0v) is 23.7. The van der Waals surface area contributed by atoms with Crippen molar-refractivity contribution < 1.29 is 23.7 Å². The summed E-state index contributed by atoms with van der Waals surface area (Å²) in [6, 6.07) is 12.4. The van der Waals surface area contributed by atoms with Gasteiger partial charge in [0.05, 0.1) is 47.0 Å². The quantitative estimate of drug-likeness (QED) is 0.324. The second-order valence-corrected chi connectivity index (χ2v) is 8.97. The van der Waals surface area contributed by atoms with Crippen molar-refractivity contribution in [3.8, 4) is 34.8 Å². The van der Waals surface area contributed by atoms with Gasteiger partial charge < -0.3 is 28.6 Å². The molecule has 0 saturated carbocycles. The lowest BCUT2D eigenvalue weighted by molar-refractivity contribution is 0.281. The Hall–Kier alpha value is -2.82. The molecule has 2 rings (SSSR count). The van der Waals surface area contributed by atoms with Gasteiger partial charge in [-0.15, -0.1) is 12.4 Å². The first-order chi connectivity index (χ1) is 16.8. The average Bonchev–Trinajstić information content (AvgIpc) is 2.88. The number of hydrogen-bond donors (Lipinski definition) is 0. The maximum absolute atomic E-state index is 10.4. The van der Waals surface area contributed by atoms with Crippen LogP contribution in [-0.2, 0) is 11.8 Å². The fourth-order valence-electron chi connectivity index (χ4n) is 4.53. The van der Waals surface area contributed by atoms with Crippen molar-refractivity contribution in [2.75, 3.05) is 55.7 Å². The average molecular weight is 521 g/mol. The minimum Gasteiger partial charge on any atom is -0.493 e. The monoisotopic (exact) mass is 520 g/mol. The molecular weight excluding hydrogens is 480 g/mol. The van der Waals surface area contributed by atoms with Crippen LogP contribution in [-0.4, -0.2) is 60.6 Å². The van der Waals surface area contributed by atoms with Crippen molar-refractivity contribution >= 4 is 12.4 Å². The van der Waals surface area contributed by atoms with Crippen LogP contribution in [0, 0.1) is 17.2 Å². The van der Waals surface area contributed by atoms with E-state index in [1.165, 1.54) is 5.56 Å². The molecule has 0 aromatic heterocycles. The number of hydrogen-bond acceptors (Lipinski definition) is 7. The van der Waals surface area contributed by atoms with E-state index in [1.54, 1.807) is 35.5 Å². The largest absolute Gasteiger partial charge is 0.493 e. The second-order valence-electron chi connectivity index (χ2n) is 8.97. The summed E-state index contributed by atoms with van der Waals surface area (Å²) in [6.07, 6.45) is 2.47. The summed E-state index contributed by atoms with van der Waals surface area (Å²) in [5.74, 6) is 3.21. The summed E-state index contributed by atoms with van der Waals surface area (Å²) >= 11 is 0. The van der Waals surface area contributed by atoms with Crippen molar-refractivity contribution in [2.24, 2.45) is 5.92 Å². The standard InChI is InChI=1S/C28H40N2O5.ClH/c1-20(2)28(19-29,22-11-13-24(32-5)27(35-8)26(22)34-7)15-9-16-30(3)17-14-21-10-12-23(31-4)25(18-21)33-6;/h10-13,18,20H,9,14-17H2,1-8H3;1H/t28-;/m1./s1. The van der Waals surface area contributed by atoms with Crippen LogP contribution in [0.25, 0.3) is 0 Å². The number of benzene rings is 2. The predicted octanol–water partition coefficient (Wildman–Crippen LogP) is 5.52. The predicted molar refractivity (Wildman–Crippen MR) is 145 cm³/mol. The molecule has 0 aliphatic heterocycles. The van der Waals surface area contributed by atoms with Crippen molar-refractivity contribution in [2.45, 2.75) is 38.5 Å². The molecule has 0 amide bonds. The van der Waals surface area contributed by atoms with Gasteiger partial charge >= 0.3 is 0 Å². The van der Waals surface area contributed by atoms with Gasteiger partial charge in [-0.2, -0.15) is 5.26 Å². The highest BCUT2D eigenvalue weighted by Crippen LogP contribution is 2.48. The van der Waals surface area contributed by atoms with E-state index in [1.807, 2.05) is 24.3 Å². The molecule has 0 N–H and O–H groups in total. The summed E-state index contributed by atoms with van der Waals surface area (Å²) in [5, 5.41) is 10.4. The van der Waals surface area contributed by atoms with E-state index >= 15 is 0 Å². The topological polar surface area (TPSA) is 73.2 Å². The molecule has 0 fully saturated rings. The minimum atomic E-state index is -0.713. The molecule has 0 aliphatic rings. The third-order valence-electron chi connectivity index (χ3n) is 6.71. The Bertz CT molecular complexity index is 1010. The van der Waals surface area contributed by atoms with E-state index in [0.717, 1.165) is 43.0 Å². The maximum Gasteiger partial charge on any atom is 0.203 e. The molecular formula is C28H41ClN2O5. The van der Waals surface area contributed by atoms with Crippen molar-refractivity contribution in [3.63, 3.8) is 0 Å². The molecule has 200 valence electrons. The van der Waals surface area contributed by atoms with Crippen LogP contribution in [0.1, 0.15) is 37.8 Å². The molecule has 2 aromatic rings. The highest BCUT2D eigenvalue weighted by atomic mass is 35.5. The van der Waals surface area contributed by atoms with Crippen molar-refractivity contribution in [1.82, 2.24) is 4.90 Å².